The van der Waals surface area contributed by atoms with Crippen LogP contribution in [0.25, 0.3) is 55.7 Å². The average molecular weight is 520 g/mol. The Bertz CT molecular complexity index is 1860. The maximum absolute atomic E-state index is 6.51. The predicted octanol–water partition coefficient (Wildman–Crippen LogP) is 7.46. The molecule has 0 aliphatic heterocycles. The van der Waals surface area contributed by atoms with Crippen molar-refractivity contribution in [3.63, 3.8) is 0 Å². The lowest BCUT2D eigenvalue weighted by atomic mass is 9.41. The van der Waals surface area contributed by atoms with Crippen LogP contribution in [-0.4, -0.2) is 25.7 Å². The third-order valence-electron chi connectivity index (χ3n) is 8.89. The fourth-order valence-corrected chi connectivity index (χ4v) is 5.58. The van der Waals surface area contributed by atoms with E-state index >= 15 is 0 Å². The minimum Gasteiger partial charge on any atom is -0.437 e. The Balaban J connectivity index is 1.46. The maximum Gasteiger partial charge on any atom is 0.227 e. The van der Waals surface area contributed by atoms with E-state index in [2.05, 4.69) is 135 Å². The summed E-state index contributed by atoms with van der Waals surface area (Å²) in [5.74, 6) is 0. The molecule has 0 unspecified atom stereocenters. The maximum atomic E-state index is 6.51. The van der Waals surface area contributed by atoms with Crippen LogP contribution < -0.4 is 0 Å². The molecule has 3 aromatic heterocycles. The van der Waals surface area contributed by atoms with E-state index < -0.39 is 0 Å². The van der Waals surface area contributed by atoms with Crippen molar-refractivity contribution >= 4 is 37.8 Å². The van der Waals surface area contributed by atoms with Crippen molar-refractivity contribution in [2.75, 3.05) is 0 Å². The van der Waals surface area contributed by atoms with E-state index in [1.54, 1.807) is 0 Å². The Labute approximate surface area is 238 Å². The van der Waals surface area contributed by atoms with Crippen molar-refractivity contribution in [1.82, 2.24) is 9.97 Å². The van der Waals surface area contributed by atoms with Gasteiger partial charge in [0.2, 0.25) is 5.71 Å². The number of hydrogen-bond donors (Lipinski definition) is 0. The van der Waals surface area contributed by atoms with Gasteiger partial charge < -0.3 is 4.42 Å². The van der Waals surface area contributed by atoms with Gasteiger partial charge in [-0.05, 0) is 71.8 Å². The molecular formula is C35H34B2N2O. The molecule has 0 spiro atoms. The molecule has 0 fully saturated rings. The molecule has 196 valence electrons. The quantitative estimate of drug-likeness (QED) is 0.227. The third kappa shape index (κ3) is 4.34. The van der Waals surface area contributed by atoms with Crippen LogP contribution in [0.15, 0.2) is 95.5 Å². The number of pyridine rings is 2. The Morgan fingerprint density at radius 3 is 2.12 bits per heavy atom. The van der Waals surface area contributed by atoms with Crippen molar-refractivity contribution in [3.05, 3.63) is 108 Å². The Kier molecular flexibility index (Phi) is 6.22. The van der Waals surface area contributed by atoms with E-state index in [0.717, 1.165) is 38.9 Å². The Morgan fingerprint density at radius 2 is 1.43 bits per heavy atom. The van der Waals surface area contributed by atoms with Crippen LogP contribution in [0.1, 0.15) is 37.5 Å². The molecule has 0 saturated carbocycles. The highest BCUT2D eigenvalue weighted by Crippen LogP contribution is 2.40. The lowest BCUT2D eigenvalue weighted by molar-refractivity contribution is 0.358. The van der Waals surface area contributed by atoms with Gasteiger partial charge in [-0.2, -0.15) is 0 Å². The van der Waals surface area contributed by atoms with E-state index in [1.165, 1.54) is 27.8 Å². The summed E-state index contributed by atoms with van der Waals surface area (Å²) in [4.78, 5) is 9.81. The minimum absolute atomic E-state index is 0.0191. The van der Waals surface area contributed by atoms with Gasteiger partial charge in [0.15, 0.2) is 0 Å². The van der Waals surface area contributed by atoms with Crippen molar-refractivity contribution in [2.24, 2.45) is 5.41 Å². The summed E-state index contributed by atoms with van der Waals surface area (Å²) < 4.78 is 6.51. The first-order valence-corrected chi connectivity index (χ1v) is 14.0. The first-order chi connectivity index (χ1) is 19.0. The standard InChI is InChI=1S/C35H34B2N2O/c1-21-18-24(23-10-7-6-8-11-23)19-22(2)31(21)29-15-14-27-26-12-9-13-28(32(26)40-33(27)39-29)30-20-25(16-17-38-30)35(36,37)34(3,4)5/h6-20H,36-37H2,1-5H3. The van der Waals surface area contributed by atoms with E-state index in [9.17, 15) is 0 Å². The monoisotopic (exact) mass is 520 g/mol. The van der Waals surface area contributed by atoms with Crippen molar-refractivity contribution in [3.8, 4) is 33.6 Å². The lowest BCUT2D eigenvalue weighted by Crippen LogP contribution is -2.41. The number of rotatable bonds is 4. The van der Waals surface area contributed by atoms with Gasteiger partial charge in [0.25, 0.3) is 0 Å². The second kappa shape index (κ2) is 9.52. The molecule has 0 aliphatic rings. The summed E-state index contributed by atoms with van der Waals surface area (Å²) in [7, 11) is 4.60. The zero-order valence-corrected chi connectivity index (χ0v) is 24.5. The SMILES string of the molecule is BC(B)(c1ccnc(-c2cccc3c2oc2nc(-c4c(C)cc(-c5ccccc5)cc4C)ccc23)c1)C(C)(C)C. The van der Waals surface area contributed by atoms with Gasteiger partial charge in [-0.25, -0.2) is 4.98 Å². The average Bonchev–Trinajstić information content (AvgIpc) is 3.30. The normalized spacial score (nSPS) is 12.3. The van der Waals surface area contributed by atoms with E-state index in [1.807, 2.05) is 6.20 Å². The van der Waals surface area contributed by atoms with Crippen LogP contribution in [0.5, 0.6) is 0 Å². The van der Waals surface area contributed by atoms with Gasteiger partial charge in [-0.1, -0.05) is 86.1 Å². The molecule has 40 heavy (non-hydrogen) atoms. The van der Waals surface area contributed by atoms with Gasteiger partial charge in [0, 0.05) is 28.1 Å². The number of benzene rings is 3. The lowest BCUT2D eigenvalue weighted by Gasteiger charge is -2.40. The number of nitrogens with zero attached hydrogens (tertiary/aromatic N) is 2. The van der Waals surface area contributed by atoms with Crippen molar-refractivity contribution in [2.45, 2.75) is 39.8 Å². The van der Waals surface area contributed by atoms with Crippen molar-refractivity contribution < 1.29 is 4.42 Å². The molecule has 0 aliphatic carbocycles. The van der Waals surface area contributed by atoms with Crippen LogP contribution in [-0.2, 0) is 5.21 Å². The van der Waals surface area contributed by atoms with Crippen LogP contribution >= 0.6 is 0 Å². The molecule has 3 heterocycles. The molecule has 3 aromatic carbocycles. The van der Waals surface area contributed by atoms with Gasteiger partial charge in [0.05, 0.1) is 11.4 Å². The van der Waals surface area contributed by atoms with Gasteiger partial charge in [0.1, 0.15) is 21.3 Å². The van der Waals surface area contributed by atoms with Crippen LogP contribution in [0.3, 0.4) is 0 Å². The summed E-state index contributed by atoms with van der Waals surface area (Å²) in [6.07, 6.45) is 1.92. The van der Waals surface area contributed by atoms with E-state index in [-0.39, 0.29) is 10.6 Å². The second-order valence-electron chi connectivity index (χ2n) is 12.5. The number of aryl methyl sites for hydroxylation is 2. The largest absolute Gasteiger partial charge is 0.437 e. The minimum atomic E-state index is -0.0191. The highest BCUT2D eigenvalue weighted by molar-refractivity contribution is 6.40. The zero-order chi connectivity index (χ0) is 28.2. The van der Waals surface area contributed by atoms with Crippen molar-refractivity contribution in [1.29, 1.82) is 0 Å². The second-order valence-corrected chi connectivity index (χ2v) is 12.5. The van der Waals surface area contributed by atoms with Crippen LogP contribution in [0.2, 0.25) is 0 Å². The Morgan fingerprint density at radius 1 is 0.700 bits per heavy atom. The number of aromatic nitrogens is 2. The highest BCUT2D eigenvalue weighted by atomic mass is 16.3. The van der Waals surface area contributed by atoms with E-state index in [0.29, 0.717) is 5.71 Å². The fourth-order valence-electron chi connectivity index (χ4n) is 5.58. The molecule has 0 amide bonds. The van der Waals surface area contributed by atoms with Gasteiger partial charge in [-0.3, -0.25) is 4.98 Å². The van der Waals surface area contributed by atoms with Gasteiger partial charge >= 0.3 is 0 Å². The highest BCUT2D eigenvalue weighted by Gasteiger charge is 2.34. The molecule has 3 nitrogen and oxygen atoms in total. The predicted molar refractivity (Wildman–Crippen MR) is 173 cm³/mol. The first kappa shape index (κ1) is 26.1. The zero-order valence-electron chi connectivity index (χ0n) is 24.5. The Hall–Kier alpha value is -4.11. The molecule has 0 radical (unpaired) electrons. The first-order valence-electron chi connectivity index (χ1n) is 14.0. The smallest absolute Gasteiger partial charge is 0.227 e. The van der Waals surface area contributed by atoms with E-state index in [4.69, 9.17) is 14.4 Å². The number of furan rings is 1. The number of para-hydroxylation sites is 1. The summed E-state index contributed by atoms with van der Waals surface area (Å²) in [6, 6.07) is 29.9. The summed E-state index contributed by atoms with van der Waals surface area (Å²) in [6.45, 7) is 11.2. The summed E-state index contributed by atoms with van der Waals surface area (Å²) in [5.41, 5.74) is 11.7. The molecule has 6 aromatic rings. The molecule has 5 heteroatoms. The van der Waals surface area contributed by atoms with Crippen LogP contribution in [0.4, 0.5) is 0 Å². The molecule has 0 saturated heterocycles. The molecule has 0 bridgehead atoms. The number of hydrogen-bond acceptors (Lipinski definition) is 3. The molecule has 0 atom stereocenters. The topological polar surface area (TPSA) is 38.9 Å². The fraction of sp³-hybridized carbons (Fsp3) is 0.200. The number of fused-ring (bicyclic) bond motifs is 3. The summed E-state index contributed by atoms with van der Waals surface area (Å²) >= 11 is 0. The molecule has 6 rings (SSSR count). The van der Waals surface area contributed by atoms with Crippen LogP contribution in [0, 0.1) is 19.3 Å². The third-order valence-corrected chi connectivity index (χ3v) is 8.89. The summed E-state index contributed by atoms with van der Waals surface area (Å²) in [5, 5.41) is 2.05. The van der Waals surface area contributed by atoms with Gasteiger partial charge in [-0.15, -0.1) is 0 Å². The molecular weight excluding hydrogens is 486 g/mol. The molecule has 0 N–H and O–H groups in total.